The highest BCUT2D eigenvalue weighted by atomic mass is 19.2. The lowest BCUT2D eigenvalue weighted by Gasteiger charge is -2.28. The molecule has 0 aliphatic heterocycles. The molecule has 9 N–H and O–H groups in total. The summed E-state index contributed by atoms with van der Waals surface area (Å²) in [5.74, 6) is -7.82. The number of likely N-dealkylation sites (N-methyl/N-ethyl adjacent to an activating group) is 1. The van der Waals surface area contributed by atoms with Gasteiger partial charge in [0.05, 0.1) is 6.04 Å². The molecular weight excluding hydrogens is 695 g/mol. The molecule has 13 nitrogen and oxygen atoms in total. The Labute approximate surface area is 310 Å². The van der Waals surface area contributed by atoms with E-state index in [1.165, 1.54) is 31.4 Å². The summed E-state index contributed by atoms with van der Waals surface area (Å²) >= 11 is 0. The van der Waals surface area contributed by atoms with Gasteiger partial charge in [0.25, 0.3) is 5.91 Å². The Bertz CT molecular complexity index is 1450. The zero-order valence-corrected chi connectivity index (χ0v) is 31.7. The summed E-state index contributed by atoms with van der Waals surface area (Å²) in [6.07, 6.45) is 6.29. The van der Waals surface area contributed by atoms with E-state index in [-0.39, 0.29) is 48.3 Å². The van der Waals surface area contributed by atoms with Crippen LogP contribution in [0.3, 0.4) is 0 Å². The fourth-order valence-electron chi connectivity index (χ4n) is 5.22. The van der Waals surface area contributed by atoms with Crippen molar-refractivity contribution in [3.8, 4) is 0 Å². The molecule has 0 spiro atoms. The molecule has 16 heteroatoms. The summed E-state index contributed by atoms with van der Waals surface area (Å²) in [6, 6.07) is -3.17. The second-order valence-corrected chi connectivity index (χ2v) is 13.1. The molecule has 0 bridgehead atoms. The van der Waals surface area contributed by atoms with Crippen LogP contribution in [0.15, 0.2) is 48.7 Å². The molecule has 0 aromatic heterocycles. The van der Waals surface area contributed by atoms with Crippen molar-refractivity contribution in [2.75, 3.05) is 13.1 Å². The first-order chi connectivity index (χ1) is 25.0. The lowest BCUT2D eigenvalue weighted by molar-refractivity contribution is -0.838. The zero-order valence-electron chi connectivity index (χ0n) is 31.7. The minimum Gasteiger partial charge on any atom is -0.355 e. The quantitative estimate of drug-likeness (QED) is 0.0361. The number of allylic oxidation sites excluding steroid dienone is 2. The number of benzene rings is 1. The molecule has 0 aliphatic rings. The molecule has 6 atom stereocenters. The summed E-state index contributed by atoms with van der Waals surface area (Å²) in [7, 11) is 0. The van der Waals surface area contributed by atoms with E-state index >= 15 is 0 Å². The Morgan fingerprint density at radius 3 is 2.04 bits per heavy atom. The summed E-state index contributed by atoms with van der Waals surface area (Å²) in [6.45, 7) is 16.1. The molecule has 1 unspecified atom stereocenters. The maximum atomic E-state index is 14.2. The van der Waals surface area contributed by atoms with Crippen LogP contribution in [0.2, 0.25) is 0 Å². The summed E-state index contributed by atoms with van der Waals surface area (Å²) in [5, 5.41) is 25.6. The van der Waals surface area contributed by atoms with E-state index in [2.05, 4.69) is 38.5 Å². The number of hydrogen-bond donors (Lipinski definition) is 8. The van der Waals surface area contributed by atoms with Crippen LogP contribution in [0.1, 0.15) is 73.3 Å². The first kappa shape index (κ1) is 46.5. The van der Waals surface area contributed by atoms with Crippen LogP contribution in [0, 0.1) is 29.3 Å². The molecule has 5 amide bonds. The maximum absolute atomic E-state index is 14.2. The van der Waals surface area contributed by atoms with Gasteiger partial charge in [0.2, 0.25) is 23.6 Å². The highest BCUT2D eigenvalue weighted by Crippen LogP contribution is 2.16. The van der Waals surface area contributed by atoms with Crippen molar-refractivity contribution in [1.82, 2.24) is 31.9 Å². The SMILES string of the molecule is C=C/C=C(\C=C/[NH2+]O)C(=O)NC(C(=O)N[C@@H](CCC)C(=O)N[C@H](CN[C@@H](C)C(=O)N[C@H](C(=O)NCC)C(C)C)Cc1cc(F)c(F)c(F)c1)[C@@H](C)CC. The third-order valence-electron chi connectivity index (χ3n) is 8.45. The molecule has 0 radical (unpaired) electrons. The topological polar surface area (TPSA) is 194 Å². The van der Waals surface area contributed by atoms with E-state index in [0.29, 0.717) is 19.4 Å². The van der Waals surface area contributed by atoms with Crippen LogP contribution in [-0.2, 0) is 30.4 Å². The van der Waals surface area contributed by atoms with Gasteiger partial charge in [0, 0.05) is 30.8 Å². The van der Waals surface area contributed by atoms with Crippen molar-refractivity contribution in [3.05, 3.63) is 71.7 Å². The average molecular weight is 753 g/mol. The smallest absolute Gasteiger partial charge is 0.252 e. The second kappa shape index (κ2) is 23.9. The highest BCUT2D eigenvalue weighted by molar-refractivity contribution is 6.00. The van der Waals surface area contributed by atoms with Crippen LogP contribution in [0.25, 0.3) is 0 Å². The number of carbonyl (C=O) groups excluding carboxylic acids is 5. The average Bonchev–Trinajstić information content (AvgIpc) is 3.11. The van der Waals surface area contributed by atoms with Gasteiger partial charge < -0.3 is 31.9 Å². The van der Waals surface area contributed by atoms with E-state index in [9.17, 15) is 37.1 Å². The van der Waals surface area contributed by atoms with E-state index in [1.54, 1.807) is 34.6 Å². The first-order valence-corrected chi connectivity index (χ1v) is 17.9. The van der Waals surface area contributed by atoms with E-state index < -0.39 is 71.3 Å². The molecular formula is C37H57F3N7O6+. The molecule has 0 saturated carbocycles. The fourth-order valence-corrected chi connectivity index (χ4v) is 5.22. The van der Waals surface area contributed by atoms with E-state index in [4.69, 9.17) is 5.21 Å². The highest BCUT2D eigenvalue weighted by Gasteiger charge is 2.32. The van der Waals surface area contributed by atoms with Gasteiger partial charge >= 0.3 is 0 Å². The Kier molecular flexibility index (Phi) is 21.0. The number of amides is 5. The Morgan fingerprint density at radius 1 is 0.868 bits per heavy atom. The number of halogens is 3. The lowest BCUT2D eigenvalue weighted by atomic mass is 9.97. The summed E-state index contributed by atoms with van der Waals surface area (Å²) in [4.78, 5) is 66.0. The summed E-state index contributed by atoms with van der Waals surface area (Å²) < 4.78 is 42.1. The Hall–Kier alpha value is -4.54. The van der Waals surface area contributed by atoms with Gasteiger partial charge in [-0.1, -0.05) is 60.1 Å². The number of rotatable bonds is 23. The van der Waals surface area contributed by atoms with Crippen LogP contribution >= 0.6 is 0 Å². The van der Waals surface area contributed by atoms with Gasteiger partial charge in [-0.3, -0.25) is 24.0 Å². The third-order valence-corrected chi connectivity index (χ3v) is 8.45. The van der Waals surface area contributed by atoms with Gasteiger partial charge in [-0.2, -0.15) is 5.48 Å². The normalized spacial score (nSPS) is 15.1. The van der Waals surface area contributed by atoms with Crippen molar-refractivity contribution in [1.29, 1.82) is 0 Å². The van der Waals surface area contributed by atoms with Crippen molar-refractivity contribution in [2.45, 2.75) is 104 Å². The van der Waals surface area contributed by atoms with Gasteiger partial charge in [-0.05, 0) is 62.3 Å². The molecule has 53 heavy (non-hydrogen) atoms. The third kappa shape index (κ3) is 15.5. The van der Waals surface area contributed by atoms with Gasteiger partial charge in [0.15, 0.2) is 17.5 Å². The van der Waals surface area contributed by atoms with Crippen LogP contribution in [0.4, 0.5) is 13.2 Å². The number of hydroxylamine groups is 1. The lowest BCUT2D eigenvalue weighted by Crippen LogP contribution is -2.73. The van der Waals surface area contributed by atoms with Gasteiger partial charge in [-0.25, -0.2) is 18.4 Å². The summed E-state index contributed by atoms with van der Waals surface area (Å²) in [5.41, 5.74) is 0.883. The monoisotopic (exact) mass is 752 g/mol. The van der Waals surface area contributed by atoms with Gasteiger partial charge in [0.1, 0.15) is 24.3 Å². The molecule has 0 saturated heterocycles. The van der Waals surface area contributed by atoms with Crippen molar-refractivity contribution >= 4 is 29.5 Å². The van der Waals surface area contributed by atoms with Crippen molar-refractivity contribution < 1.29 is 47.8 Å². The molecule has 0 aliphatic carbocycles. The molecule has 0 fully saturated rings. The maximum Gasteiger partial charge on any atom is 0.252 e. The largest absolute Gasteiger partial charge is 0.355 e. The van der Waals surface area contributed by atoms with E-state index in [0.717, 1.165) is 17.6 Å². The predicted molar refractivity (Wildman–Crippen MR) is 194 cm³/mol. The van der Waals surface area contributed by atoms with Crippen LogP contribution < -0.4 is 37.4 Å². The molecule has 1 aromatic rings. The number of nitrogens with two attached hydrogens (primary N) is 1. The zero-order chi connectivity index (χ0) is 40.2. The van der Waals surface area contributed by atoms with Crippen LogP contribution in [-0.4, -0.2) is 78.0 Å². The first-order valence-electron chi connectivity index (χ1n) is 17.9. The Morgan fingerprint density at radius 2 is 1.51 bits per heavy atom. The van der Waals surface area contributed by atoms with Crippen LogP contribution in [0.5, 0.6) is 0 Å². The van der Waals surface area contributed by atoms with E-state index in [1.807, 2.05) is 6.92 Å². The minimum absolute atomic E-state index is 0.0218. The Balaban J connectivity index is 3.31. The predicted octanol–water partition coefficient (Wildman–Crippen LogP) is 1.78. The fraction of sp³-hybridized carbons (Fsp3) is 0.541. The number of carbonyl (C=O) groups is 5. The minimum atomic E-state index is -1.65. The molecule has 296 valence electrons. The number of hydrogen-bond acceptors (Lipinski definition) is 7. The second-order valence-electron chi connectivity index (χ2n) is 13.1. The van der Waals surface area contributed by atoms with Crippen molar-refractivity contribution in [2.24, 2.45) is 11.8 Å². The standard InChI is InChI=1S/C37H56F3N7O6/c1-9-13-25(15-16-43-53)34(49)47-32(22(7)11-3)37(52)45-29(14-10-2)35(50)44-26(17-24-18-27(38)30(40)28(39)19-24)20-42-23(8)33(48)46-31(21(5)6)36(51)41-12-4/h9,13,15-16,18-19,21-23,26,29,31-32,42-43,53H,1,10-12,14,17,20H2,2-8H3,(H,41,51)(H,44,50)(H,45,52)(H,46,48)(H,47,49)/p+1/b16-15-,25-13+/t22-,23-,26-,29-,31-,32?/m0/s1. The van der Waals surface area contributed by atoms with Gasteiger partial charge in [-0.15, -0.1) is 0 Å². The van der Waals surface area contributed by atoms with Crippen molar-refractivity contribution in [3.63, 3.8) is 0 Å². The molecule has 0 heterocycles. The number of quaternary nitrogens is 1. The molecule has 1 rings (SSSR count). The number of nitrogens with one attached hydrogen (secondary N) is 6. The molecule has 1 aromatic carbocycles.